The Morgan fingerprint density at radius 2 is 1.79 bits per heavy atom. The summed E-state index contributed by atoms with van der Waals surface area (Å²) in [6.45, 7) is 0. The van der Waals surface area contributed by atoms with Gasteiger partial charge in [-0.15, -0.1) is 0 Å². The maximum Gasteiger partial charge on any atom is 0.255 e. The Bertz CT molecular complexity index is 881. The monoisotopic (exact) mass is 368 g/mol. The van der Waals surface area contributed by atoms with Crippen molar-refractivity contribution in [3.05, 3.63) is 58.9 Å². The van der Waals surface area contributed by atoms with Crippen molar-refractivity contribution in [2.45, 2.75) is 23.8 Å². The third kappa shape index (κ3) is 3.92. The van der Waals surface area contributed by atoms with Crippen LogP contribution in [0, 0.1) is 5.82 Å². The number of hydrogen-bond donors (Lipinski definition) is 2. The summed E-state index contributed by atoms with van der Waals surface area (Å²) in [5, 5.41) is 2.62. The fraction of sp³-hybridized carbons (Fsp3) is 0.188. The molecule has 8 heteroatoms. The van der Waals surface area contributed by atoms with Gasteiger partial charge in [-0.2, -0.15) is 0 Å². The first-order valence-electron chi connectivity index (χ1n) is 7.24. The summed E-state index contributed by atoms with van der Waals surface area (Å²) in [6, 6.07) is 9.21. The van der Waals surface area contributed by atoms with Gasteiger partial charge in [0.25, 0.3) is 5.91 Å². The zero-order chi connectivity index (χ0) is 17.3. The van der Waals surface area contributed by atoms with Crippen LogP contribution in [0.25, 0.3) is 0 Å². The second-order valence-corrected chi connectivity index (χ2v) is 7.59. The number of anilines is 1. The maximum absolute atomic E-state index is 12.9. The molecule has 0 spiro atoms. The van der Waals surface area contributed by atoms with Crippen molar-refractivity contribution in [3.8, 4) is 0 Å². The van der Waals surface area contributed by atoms with Crippen molar-refractivity contribution < 1.29 is 17.6 Å². The Hall–Kier alpha value is -1.96. The molecule has 1 fully saturated rings. The maximum atomic E-state index is 12.9. The van der Waals surface area contributed by atoms with E-state index in [1.165, 1.54) is 42.5 Å². The molecule has 24 heavy (non-hydrogen) atoms. The predicted molar refractivity (Wildman–Crippen MR) is 89.1 cm³/mol. The van der Waals surface area contributed by atoms with Gasteiger partial charge in [0.15, 0.2) is 0 Å². The molecule has 1 amide bonds. The molecule has 1 aliphatic rings. The van der Waals surface area contributed by atoms with Crippen molar-refractivity contribution >= 4 is 33.2 Å². The van der Waals surface area contributed by atoms with Crippen LogP contribution in [0.1, 0.15) is 23.2 Å². The topological polar surface area (TPSA) is 75.3 Å². The number of carbonyl (C=O) groups is 1. The Morgan fingerprint density at radius 3 is 2.42 bits per heavy atom. The molecule has 0 aliphatic heterocycles. The molecule has 0 saturated heterocycles. The normalized spacial score (nSPS) is 14.4. The fourth-order valence-corrected chi connectivity index (χ4v) is 3.90. The van der Waals surface area contributed by atoms with Crippen molar-refractivity contribution in [1.29, 1.82) is 0 Å². The van der Waals surface area contributed by atoms with Crippen LogP contribution in [0.5, 0.6) is 0 Å². The second kappa shape index (κ2) is 6.51. The summed E-state index contributed by atoms with van der Waals surface area (Å²) >= 11 is 5.97. The molecule has 0 aromatic heterocycles. The molecule has 0 heterocycles. The number of sulfonamides is 1. The van der Waals surface area contributed by atoms with E-state index >= 15 is 0 Å². The number of halogens is 2. The Morgan fingerprint density at radius 1 is 1.12 bits per heavy atom. The molecule has 2 aromatic carbocycles. The first-order valence-corrected chi connectivity index (χ1v) is 9.10. The summed E-state index contributed by atoms with van der Waals surface area (Å²) in [7, 11) is -3.77. The van der Waals surface area contributed by atoms with Crippen molar-refractivity contribution in [1.82, 2.24) is 4.72 Å². The lowest BCUT2D eigenvalue weighted by Gasteiger charge is -2.10. The SMILES string of the molecule is O=C(Nc1ccc(F)cc1)c1ccc(Cl)c(S(=O)(=O)NC2CC2)c1. The van der Waals surface area contributed by atoms with Crippen LogP contribution in [0.3, 0.4) is 0 Å². The number of amides is 1. The van der Waals surface area contributed by atoms with Gasteiger partial charge in [0.1, 0.15) is 10.7 Å². The van der Waals surface area contributed by atoms with Crippen molar-refractivity contribution in [2.24, 2.45) is 0 Å². The molecule has 126 valence electrons. The Labute approximate surface area is 143 Å². The molecular formula is C16H14ClFN2O3S. The van der Waals surface area contributed by atoms with Crippen LogP contribution < -0.4 is 10.0 Å². The van der Waals surface area contributed by atoms with E-state index in [-0.39, 0.29) is 21.5 Å². The number of benzene rings is 2. The third-order valence-corrected chi connectivity index (χ3v) is 5.49. The summed E-state index contributed by atoms with van der Waals surface area (Å²) in [6.07, 6.45) is 1.59. The quantitative estimate of drug-likeness (QED) is 0.851. The lowest BCUT2D eigenvalue weighted by atomic mass is 10.2. The molecule has 1 saturated carbocycles. The molecule has 0 radical (unpaired) electrons. The Balaban J connectivity index is 1.84. The summed E-state index contributed by atoms with van der Waals surface area (Å²) in [5.41, 5.74) is 0.539. The van der Waals surface area contributed by atoms with Crippen molar-refractivity contribution in [3.63, 3.8) is 0 Å². The van der Waals surface area contributed by atoms with Crippen LogP contribution in [0.4, 0.5) is 10.1 Å². The number of rotatable bonds is 5. The molecule has 2 N–H and O–H groups in total. The second-order valence-electron chi connectivity index (χ2n) is 5.50. The van der Waals surface area contributed by atoms with Crippen molar-refractivity contribution in [2.75, 3.05) is 5.32 Å². The minimum Gasteiger partial charge on any atom is -0.322 e. The number of hydrogen-bond acceptors (Lipinski definition) is 3. The molecule has 1 aliphatic carbocycles. The molecule has 2 aromatic rings. The molecule has 0 unspecified atom stereocenters. The highest BCUT2D eigenvalue weighted by Crippen LogP contribution is 2.27. The van der Waals surface area contributed by atoms with Gasteiger partial charge in [-0.1, -0.05) is 11.6 Å². The van der Waals surface area contributed by atoms with Gasteiger partial charge in [-0.3, -0.25) is 4.79 Å². The molecule has 3 rings (SSSR count). The summed E-state index contributed by atoms with van der Waals surface area (Å²) in [5.74, 6) is -0.930. The van der Waals surface area contributed by atoms with Gasteiger partial charge in [0.2, 0.25) is 10.0 Å². The minimum atomic E-state index is -3.77. The average Bonchev–Trinajstić information content (AvgIpc) is 3.33. The highest BCUT2D eigenvalue weighted by molar-refractivity contribution is 7.89. The van der Waals surface area contributed by atoms with Crippen LogP contribution in [0.2, 0.25) is 5.02 Å². The number of carbonyl (C=O) groups excluding carboxylic acids is 1. The van der Waals surface area contributed by atoms with Crippen LogP contribution in [0.15, 0.2) is 47.4 Å². The van der Waals surface area contributed by atoms with Gasteiger partial charge >= 0.3 is 0 Å². The molecule has 5 nitrogen and oxygen atoms in total. The summed E-state index contributed by atoms with van der Waals surface area (Å²) in [4.78, 5) is 12.1. The number of nitrogens with one attached hydrogen (secondary N) is 2. The smallest absolute Gasteiger partial charge is 0.255 e. The lowest BCUT2D eigenvalue weighted by Crippen LogP contribution is -2.26. The van der Waals surface area contributed by atoms with Gasteiger partial charge < -0.3 is 5.32 Å². The highest BCUT2D eigenvalue weighted by Gasteiger charge is 2.29. The van der Waals surface area contributed by atoms with E-state index in [0.29, 0.717) is 5.69 Å². The first kappa shape index (κ1) is 16.9. The Kier molecular flexibility index (Phi) is 4.58. The van der Waals surface area contributed by atoms with Gasteiger partial charge in [0, 0.05) is 17.3 Å². The largest absolute Gasteiger partial charge is 0.322 e. The van der Waals surface area contributed by atoms with E-state index in [1.807, 2.05) is 0 Å². The van der Waals surface area contributed by atoms with Gasteiger partial charge in [0.05, 0.1) is 5.02 Å². The van der Waals surface area contributed by atoms with E-state index in [2.05, 4.69) is 10.0 Å². The molecular weight excluding hydrogens is 355 g/mol. The van der Waals surface area contributed by atoms with E-state index in [0.717, 1.165) is 12.8 Å². The average molecular weight is 369 g/mol. The van der Waals surface area contributed by atoms with E-state index in [1.54, 1.807) is 0 Å². The van der Waals surface area contributed by atoms with Crippen LogP contribution >= 0.6 is 11.6 Å². The summed E-state index contributed by atoms with van der Waals surface area (Å²) < 4.78 is 40.0. The van der Waals surface area contributed by atoms with Crippen LogP contribution in [-0.4, -0.2) is 20.4 Å². The highest BCUT2D eigenvalue weighted by atomic mass is 35.5. The first-order chi connectivity index (χ1) is 11.3. The van der Waals surface area contributed by atoms with Crippen LogP contribution in [-0.2, 0) is 10.0 Å². The molecule has 0 bridgehead atoms. The zero-order valence-electron chi connectivity index (χ0n) is 12.4. The zero-order valence-corrected chi connectivity index (χ0v) is 14.0. The van der Waals surface area contributed by atoms with E-state index in [4.69, 9.17) is 11.6 Å². The lowest BCUT2D eigenvalue weighted by molar-refractivity contribution is 0.102. The van der Waals surface area contributed by atoms with Gasteiger partial charge in [-0.25, -0.2) is 17.5 Å². The minimum absolute atomic E-state index is 0.0430. The van der Waals surface area contributed by atoms with Gasteiger partial charge in [-0.05, 0) is 55.3 Å². The predicted octanol–water partition coefficient (Wildman–Crippen LogP) is 3.17. The fourth-order valence-electron chi connectivity index (χ4n) is 2.07. The standard InChI is InChI=1S/C16H14ClFN2O3S/c17-14-8-1-10(9-15(14)24(22,23)20-13-6-7-13)16(21)19-12-4-2-11(18)3-5-12/h1-5,8-9,13,20H,6-7H2,(H,19,21). The van der Waals surface area contributed by atoms with E-state index in [9.17, 15) is 17.6 Å². The molecule has 0 atom stereocenters. The van der Waals surface area contributed by atoms with E-state index < -0.39 is 21.7 Å². The third-order valence-electron chi connectivity index (χ3n) is 3.48.